The van der Waals surface area contributed by atoms with Crippen molar-refractivity contribution in [3.63, 3.8) is 0 Å². The van der Waals surface area contributed by atoms with Gasteiger partial charge in [0.1, 0.15) is 0 Å². The van der Waals surface area contributed by atoms with Crippen molar-refractivity contribution in [3.05, 3.63) is 0 Å². The predicted molar refractivity (Wildman–Crippen MR) is 134 cm³/mol. The minimum Gasteiger partial charge on any atom is -0.396 e. The van der Waals surface area contributed by atoms with E-state index in [1.807, 2.05) is 0 Å². The summed E-state index contributed by atoms with van der Waals surface area (Å²) in [6, 6.07) is 0. The molecule has 182 valence electrons. The van der Waals surface area contributed by atoms with Gasteiger partial charge in [-0.25, -0.2) is 0 Å². The first-order valence-corrected chi connectivity index (χ1v) is 14.1. The minimum absolute atomic E-state index is 0.0639. The van der Waals surface area contributed by atoms with Crippen LogP contribution in [-0.2, 0) is 0 Å². The maximum absolute atomic E-state index is 10.1. The van der Waals surface area contributed by atoms with E-state index in [0.29, 0.717) is 6.61 Å². The highest BCUT2D eigenvalue weighted by Crippen LogP contribution is 2.16. The van der Waals surface area contributed by atoms with Gasteiger partial charge in [0.25, 0.3) is 0 Å². The summed E-state index contributed by atoms with van der Waals surface area (Å²) in [7, 11) is 0. The lowest BCUT2D eigenvalue weighted by molar-refractivity contribution is 0.147. The molecule has 1 unspecified atom stereocenters. The Labute approximate surface area is 190 Å². The molecule has 0 fully saturated rings. The lowest BCUT2D eigenvalue weighted by atomic mass is 10.0. The SMILES string of the molecule is CCCCCCCCCCCCCCCCCCC(O)CCCCCCCCCO. The van der Waals surface area contributed by atoms with E-state index in [-0.39, 0.29) is 6.10 Å². The summed E-state index contributed by atoms with van der Waals surface area (Å²) >= 11 is 0. The van der Waals surface area contributed by atoms with Crippen LogP contribution in [0.2, 0.25) is 0 Å². The second kappa shape index (κ2) is 27.0. The topological polar surface area (TPSA) is 40.5 Å². The highest BCUT2D eigenvalue weighted by molar-refractivity contribution is 4.58. The van der Waals surface area contributed by atoms with Crippen LogP contribution in [0, 0.1) is 0 Å². The van der Waals surface area contributed by atoms with E-state index in [4.69, 9.17) is 5.11 Å². The zero-order valence-corrected chi connectivity index (χ0v) is 20.9. The molecule has 0 amide bonds. The van der Waals surface area contributed by atoms with Crippen molar-refractivity contribution in [2.24, 2.45) is 0 Å². The van der Waals surface area contributed by atoms with E-state index < -0.39 is 0 Å². The first kappa shape index (κ1) is 29.9. The first-order valence-electron chi connectivity index (χ1n) is 14.1. The van der Waals surface area contributed by atoms with Crippen LogP contribution in [0.1, 0.15) is 167 Å². The van der Waals surface area contributed by atoms with E-state index in [2.05, 4.69) is 6.92 Å². The Balaban J connectivity index is 3.11. The summed E-state index contributed by atoms with van der Waals surface area (Å²) in [5.41, 5.74) is 0. The number of unbranched alkanes of at least 4 members (excludes halogenated alkanes) is 21. The van der Waals surface area contributed by atoms with Gasteiger partial charge in [-0.15, -0.1) is 0 Å². The van der Waals surface area contributed by atoms with E-state index >= 15 is 0 Å². The zero-order chi connectivity index (χ0) is 22.0. The van der Waals surface area contributed by atoms with Gasteiger partial charge < -0.3 is 10.2 Å². The van der Waals surface area contributed by atoms with Gasteiger partial charge in [-0.3, -0.25) is 0 Å². The molecule has 0 rings (SSSR count). The molecule has 1 atom stereocenters. The third-order valence-corrected chi connectivity index (χ3v) is 6.59. The molecule has 0 spiro atoms. The summed E-state index contributed by atoms with van der Waals surface area (Å²) < 4.78 is 0. The number of hydrogen-bond acceptors (Lipinski definition) is 2. The molecule has 2 heteroatoms. The Morgan fingerprint density at radius 3 is 0.967 bits per heavy atom. The lowest BCUT2D eigenvalue weighted by Crippen LogP contribution is -2.05. The van der Waals surface area contributed by atoms with Crippen molar-refractivity contribution in [2.75, 3.05) is 6.61 Å². The molecule has 30 heavy (non-hydrogen) atoms. The summed E-state index contributed by atoms with van der Waals surface area (Å²) in [6.45, 7) is 2.63. The van der Waals surface area contributed by atoms with Crippen molar-refractivity contribution >= 4 is 0 Å². The number of aliphatic hydroxyl groups excluding tert-OH is 2. The maximum atomic E-state index is 10.1. The smallest absolute Gasteiger partial charge is 0.0540 e. The van der Waals surface area contributed by atoms with Gasteiger partial charge in [0.2, 0.25) is 0 Å². The molecule has 0 aromatic rings. The van der Waals surface area contributed by atoms with Gasteiger partial charge in [-0.1, -0.05) is 148 Å². The van der Waals surface area contributed by atoms with Gasteiger partial charge >= 0.3 is 0 Å². The molecule has 0 aromatic heterocycles. The largest absolute Gasteiger partial charge is 0.396 e. The third kappa shape index (κ3) is 26.0. The van der Waals surface area contributed by atoms with E-state index in [0.717, 1.165) is 19.3 Å². The van der Waals surface area contributed by atoms with Gasteiger partial charge in [-0.05, 0) is 19.3 Å². The molecule has 2 nitrogen and oxygen atoms in total. The van der Waals surface area contributed by atoms with Gasteiger partial charge in [0.15, 0.2) is 0 Å². The first-order chi connectivity index (χ1) is 14.8. The maximum Gasteiger partial charge on any atom is 0.0540 e. The monoisotopic (exact) mass is 426 g/mol. The van der Waals surface area contributed by atoms with Gasteiger partial charge in [-0.2, -0.15) is 0 Å². The molecular weight excluding hydrogens is 368 g/mol. The van der Waals surface area contributed by atoms with E-state index in [1.165, 1.54) is 141 Å². The van der Waals surface area contributed by atoms with Crippen molar-refractivity contribution in [2.45, 2.75) is 174 Å². The molecule has 0 saturated heterocycles. The molecule has 0 aliphatic rings. The van der Waals surface area contributed by atoms with Crippen LogP contribution in [0.4, 0.5) is 0 Å². The van der Waals surface area contributed by atoms with Crippen LogP contribution >= 0.6 is 0 Å². The fourth-order valence-electron chi connectivity index (χ4n) is 4.45. The molecule has 0 aliphatic carbocycles. The van der Waals surface area contributed by atoms with E-state index in [9.17, 15) is 5.11 Å². The molecule has 0 saturated carbocycles. The van der Waals surface area contributed by atoms with Crippen LogP contribution in [-0.4, -0.2) is 22.9 Å². The fraction of sp³-hybridized carbons (Fsp3) is 1.00. The Bertz CT molecular complexity index is 292. The number of aliphatic hydroxyl groups is 2. The Kier molecular flexibility index (Phi) is 26.9. The molecule has 0 aromatic carbocycles. The highest BCUT2D eigenvalue weighted by Gasteiger charge is 2.03. The Hall–Kier alpha value is -0.0800. The summed E-state index contributed by atoms with van der Waals surface area (Å²) in [5, 5.41) is 18.9. The summed E-state index contributed by atoms with van der Waals surface area (Å²) in [4.78, 5) is 0. The van der Waals surface area contributed by atoms with Crippen LogP contribution in [0.25, 0.3) is 0 Å². The van der Waals surface area contributed by atoms with Crippen molar-refractivity contribution < 1.29 is 10.2 Å². The zero-order valence-electron chi connectivity index (χ0n) is 20.9. The third-order valence-electron chi connectivity index (χ3n) is 6.59. The van der Waals surface area contributed by atoms with Gasteiger partial charge in [0, 0.05) is 6.61 Å². The van der Waals surface area contributed by atoms with Crippen LogP contribution < -0.4 is 0 Å². The average Bonchev–Trinajstić information content (AvgIpc) is 2.75. The average molecular weight is 427 g/mol. The van der Waals surface area contributed by atoms with Crippen molar-refractivity contribution in [3.8, 4) is 0 Å². The summed E-state index contributed by atoms with van der Waals surface area (Å²) in [5.74, 6) is 0. The van der Waals surface area contributed by atoms with Crippen molar-refractivity contribution in [1.29, 1.82) is 0 Å². The summed E-state index contributed by atoms with van der Waals surface area (Å²) in [6.07, 6.45) is 32.8. The fourth-order valence-corrected chi connectivity index (χ4v) is 4.45. The van der Waals surface area contributed by atoms with Crippen LogP contribution in [0.15, 0.2) is 0 Å². The highest BCUT2D eigenvalue weighted by atomic mass is 16.3. The quantitative estimate of drug-likeness (QED) is 0.135. The molecule has 0 radical (unpaired) electrons. The lowest BCUT2D eigenvalue weighted by Gasteiger charge is -2.10. The van der Waals surface area contributed by atoms with Crippen molar-refractivity contribution in [1.82, 2.24) is 0 Å². The molecule has 2 N–H and O–H groups in total. The van der Waals surface area contributed by atoms with Crippen LogP contribution in [0.5, 0.6) is 0 Å². The molecule has 0 aliphatic heterocycles. The Morgan fingerprint density at radius 1 is 0.400 bits per heavy atom. The predicted octanol–water partition coefficient (Wildman–Crippen LogP) is 9.11. The second-order valence-electron chi connectivity index (χ2n) is 9.73. The van der Waals surface area contributed by atoms with Crippen LogP contribution in [0.3, 0.4) is 0 Å². The molecular formula is C28H58O2. The standard InChI is InChI=1S/C28H58O2/c1-2-3-4-5-6-7-8-9-10-11-12-13-14-16-19-22-25-28(30)26-23-20-17-15-18-21-24-27-29/h28-30H,2-27H2,1H3. The van der Waals surface area contributed by atoms with Gasteiger partial charge in [0.05, 0.1) is 6.10 Å². The minimum atomic E-state index is -0.0639. The number of rotatable bonds is 26. The van der Waals surface area contributed by atoms with E-state index in [1.54, 1.807) is 0 Å². The number of hydrogen-bond donors (Lipinski definition) is 2. The molecule has 0 bridgehead atoms. The molecule has 0 heterocycles. The normalized spacial score (nSPS) is 12.5. The Morgan fingerprint density at radius 2 is 0.667 bits per heavy atom. The second-order valence-corrected chi connectivity index (χ2v) is 9.73.